The summed E-state index contributed by atoms with van der Waals surface area (Å²) in [6, 6.07) is 9.88. The lowest BCUT2D eigenvalue weighted by atomic mass is 10.1. The van der Waals surface area contributed by atoms with Crippen LogP contribution in [0.2, 0.25) is 10.0 Å². The minimum absolute atomic E-state index is 0.120. The molecule has 2 N–H and O–H groups in total. The van der Waals surface area contributed by atoms with Crippen molar-refractivity contribution >= 4 is 23.2 Å². The summed E-state index contributed by atoms with van der Waals surface area (Å²) in [5, 5.41) is 19.0. The van der Waals surface area contributed by atoms with E-state index in [0.717, 1.165) is 11.1 Å². The SMILES string of the molecule is Oc1ccc(-c2cc(Cl)c(O)c(Cl)c2)cc1. The number of rotatable bonds is 1. The van der Waals surface area contributed by atoms with Gasteiger partial charge in [0, 0.05) is 0 Å². The van der Waals surface area contributed by atoms with Crippen LogP contribution in [0.1, 0.15) is 0 Å². The molecule has 4 heteroatoms. The molecular formula is C12H8Cl2O2. The number of hydrogen-bond acceptors (Lipinski definition) is 2. The molecule has 0 radical (unpaired) electrons. The summed E-state index contributed by atoms with van der Waals surface area (Å²) in [6.07, 6.45) is 0. The zero-order chi connectivity index (χ0) is 11.7. The van der Waals surface area contributed by atoms with Gasteiger partial charge in [0.15, 0.2) is 5.75 Å². The summed E-state index contributed by atoms with van der Waals surface area (Å²) in [4.78, 5) is 0. The number of aromatic hydroxyl groups is 2. The fourth-order valence-electron chi connectivity index (χ4n) is 1.39. The molecule has 0 saturated heterocycles. The molecule has 0 saturated carbocycles. The van der Waals surface area contributed by atoms with Crippen molar-refractivity contribution in [1.29, 1.82) is 0 Å². The Morgan fingerprint density at radius 3 is 1.75 bits per heavy atom. The van der Waals surface area contributed by atoms with Gasteiger partial charge in [0.05, 0.1) is 10.0 Å². The molecule has 2 nitrogen and oxygen atoms in total. The number of hydrogen-bond donors (Lipinski definition) is 2. The minimum atomic E-state index is -0.120. The first-order chi connectivity index (χ1) is 7.58. The second-order valence-electron chi connectivity index (χ2n) is 3.34. The van der Waals surface area contributed by atoms with Gasteiger partial charge in [-0.05, 0) is 35.4 Å². The van der Waals surface area contributed by atoms with Gasteiger partial charge in [0.25, 0.3) is 0 Å². The van der Waals surface area contributed by atoms with Gasteiger partial charge < -0.3 is 10.2 Å². The molecule has 2 aromatic carbocycles. The Morgan fingerprint density at radius 2 is 1.25 bits per heavy atom. The summed E-state index contributed by atoms with van der Waals surface area (Å²) in [5.74, 6) is 0.0746. The largest absolute Gasteiger partial charge is 0.508 e. The van der Waals surface area contributed by atoms with Crippen LogP contribution in [0.25, 0.3) is 11.1 Å². The summed E-state index contributed by atoms with van der Waals surface area (Å²) in [5.41, 5.74) is 1.65. The topological polar surface area (TPSA) is 40.5 Å². The van der Waals surface area contributed by atoms with E-state index in [2.05, 4.69) is 0 Å². The third kappa shape index (κ3) is 2.08. The van der Waals surface area contributed by atoms with Crippen LogP contribution in [0.15, 0.2) is 36.4 Å². The number of benzene rings is 2. The number of phenols is 2. The lowest BCUT2D eigenvalue weighted by Crippen LogP contribution is -1.79. The summed E-state index contributed by atoms with van der Waals surface area (Å²) in [6.45, 7) is 0. The van der Waals surface area contributed by atoms with Crippen LogP contribution in [0, 0.1) is 0 Å². The molecule has 0 aliphatic carbocycles. The molecule has 0 spiro atoms. The predicted molar refractivity (Wildman–Crippen MR) is 65.2 cm³/mol. The Hall–Kier alpha value is -1.38. The van der Waals surface area contributed by atoms with Crippen molar-refractivity contribution in [2.75, 3.05) is 0 Å². The zero-order valence-corrected chi connectivity index (χ0v) is 9.63. The van der Waals surface area contributed by atoms with Crippen molar-refractivity contribution in [3.8, 4) is 22.6 Å². The maximum Gasteiger partial charge on any atom is 0.152 e. The van der Waals surface area contributed by atoms with Crippen LogP contribution in [0.4, 0.5) is 0 Å². The van der Waals surface area contributed by atoms with E-state index in [1.54, 1.807) is 36.4 Å². The summed E-state index contributed by atoms with van der Waals surface area (Å²) < 4.78 is 0. The van der Waals surface area contributed by atoms with Crippen LogP contribution in [0.3, 0.4) is 0 Å². The predicted octanol–water partition coefficient (Wildman–Crippen LogP) is 4.07. The molecule has 2 aromatic rings. The molecule has 16 heavy (non-hydrogen) atoms. The third-order valence-electron chi connectivity index (χ3n) is 2.22. The Morgan fingerprint density at radius 1 is 0.750 bits per heavy atom. The molecular weight excluding hydrogens is 247 g/mol. The third-order valence-corrected chi connectivity index (χ3v) is 2.79. The second-order valence-corrected chi connectivity index (χ2v) is 4.15. The Kier molecular flexibility index (Phi) is 2.95. The quantitative estimate of drug-likeness (QED) is 0.806. The maximum atomic E-state index is 9.42. The molecule has 0 atom stereocenters. The van der Waals surface area contributed by atoms with E-state index in [4.69, 9.17) is 28.3 Å². The number of halogens is 2. The molecule has 0 aliphatic heterocycles. The van der Waals surface area contributed by atoms with E-state index in [0.29, 0.717) is 0 Å². The van der Waals surface area contributed by atoms with Crippen molar-refractivity contribution in [2.24, 2.45) is 0 Å². The van der Waals surface area contributed by atoms with Crippen LogP contribution in [-0.2, 0) is 0 Å². The fraction of sp³-hybridized carbons (Fsp3) is 0. The first-order valence-electron chi connectivity index (χ1n) is 4.55. The van der Waals surface area contributed by atoms with Crippen molar-refractivity contribution in [3.63, 3.8) is 0 Å². The smallest absolute Gasteiger partial charge is 0.152 e. The second kappa shape index (κ2) is 4.24. The Balaban J connectivity index is 2.52. The monoisotopic (exact) mass is 254 g/mol. The van der Waals surface area contributed by atoms with Gasteiger partial charge in [0.2, 0.25) is 0 Å². The van der Waals surface area contributed by atoms with E-state index in [1.807, 2.05) is 0 Å². The summed E-state index contributed by atoms with van der Waals surface area (Å²) in [7, 11) is 0. The van der Waals surface area contributed by atoms with Crippen LogP contribution in [-0.4, -0.2) is 10.2 Å². The average molecular weight is 255 g/mol. The Bertz CT molecular complexity index is 498. The van der Waals surface area contributed by atoms with Gasteiger partial charge in [-0.25, -0.2) is 0 Å². The van der Waals surface area contributed by atoms with E-state index < -0.39 is 0 Å². The van der Waals surface area contributed by atoms with E-state index >= 15 is 0 Å². The van der Waals surface area contributed by atoms with E-state index in [-0.39, 0.29) is 21.5 Å². The van der Waals surface area contributed by atoms with Gasteiger partial charge in [-0.15, -0.1) is 0 Å². The average Bonchev–Trinajstić information content (AvgIpc) is 2.26. The standard InChI is InChI=1S/C12H8Cl2O2/c13-10-5-8(6-11(14)12(10)16)7-1-3-9(15)4-2-7/h1-6,15-16H. The van der Waals surface area contributed by atoms with Crippen molar-refractivity contribution in [1.82, 2.24) is 0 Å². The lowest BCUT2D eigenvalue weighted by molar-refractivity contribution is 0.475. The first kappa shape index (κ1) is 11.1. The minimum Gasteiger partial charge on any atom is -0.508 e. The molecule has 0 amide bonds. The molecule has 0 unspecified atom stereocenters. The highest BCUT2D eigenvalue weighted by molar-refractivity contribution is 6.37. The highest BCUT2D eigenvalue weighted by Gasteiger charge is 2.07. The van der Waals surface area contributed by atoms with Crippen LogP contribution < -0.4 is 0 Å². The van der Waals surface area contributed by atoms with Crippen molar-refractivity contribution in [3.05, 3.63) is 46.4 Å². The lowest BCUT2D eigenvalue weighted by Gasteiger charge is -2.05. The highest BCUT2D eigenvalue weighted by Crippen LogP contribution is 2.36. The Labute approximate surface area is 103 Å². The van der Waals surface area contributed by atoms with Crippen LogP contribution >= 0.6 is 23.2 Å². The zero-order valence-electron chi connectivity index (χ0n) is 8.11. The normalized spacial score (nSPS) is 10.4. The molecule has 82 valence electrons. The molecule has 0 aliphatic rings. The van der Waals surface area contributed by atoms with E-state index in [1.165, 1.54) is 0 Å². The highest BCUT2D eigenvalue weighted by atomic mass is 35.5. The number of phenolic OH excluding ortho intramolecular Hbond substituents is 2. The molecule has 0 bridgehead atoms. The van der Waals surface area contributed by atoms with Crippen molar-refractivity contribution in [2.45, 2.75) is 0 Å². The van der Waals surface area contributed by atoms with Gasteiger partial charge in [-0.1, -0.05) is 35.3 Å². The molecule has 0 heterocycles. The maximum absolute atomic E-state index is 9.42. The molecule has 0 aromatic heterocycles. The van der Waals surface area contributed by atoms with Crippen molar-refractivity contribution < 1.29 is 10.2 Å². The van der Waals surface area contributed by atoms with Gasteiger partial charge >= 0.3 is 0 Å². The fourth-order valence-corrected chi connectivity index (χ4v) is 1.87. The molecule has 2 rings (SSSR count). The van der Waals surface area contributed by atoms with Gasteiger partial charge in [-0.3, -0.25) is 0 Å². The summed E-state index contributed by atoms with van der Waals surface area (Å²) >= 11 is 11.6. The van der Waals surface area contributed by atoms with Crippen LogP contribution in [0.5, 0.6) is 11.5 Å². The first-order valence-corrected chi connectivity index (χ1v) is 5.31. The van der Waals surface area contributed by atoms with Gasteiger partial charge in [0.1, 0.15) is 5.75 Å². The molecule has 0 fully saturated rings. The van der Waals surface area contributed by atoms with E-state index in [9.17, 15) is 5.11 Å². The van der Waals surface area contributed by atoms with Gasteiger partial charge in [-0.2, -0.15) is 0 Å².